The lowest BCUT2D eigenvalue weighted by atomic mass is 9.77. The fraction of sp³-hybridized carbons (Fsp3) is 0.975. The topological polar surface area (TPSA) is 37.3 Å². The summed E-state index contributed by atoms with van der Waals surface area (Å²) >= 11 is 0. The van der Waals surface area contributed by atoms with E-state index in [9.17, 15) is 4.79 Å². The molecule has 2 unspecified atom stereocenters. The predicted octanol–water partition coefficient (Wildman–Crippen LogP) is 14.9. The van der Waals surface area contributed by atoms with Gasteiger partial charge in [0.1, 0.15) is 0 Å². The van der Waals surface area contributed by atoms with Gasteiger partial charge in [-0.15, -0.1) is 9.24 Å². The maximum atomic E-state index is 10.0. The first-order chi connectivity index (χ1) is 20.9. The van der Waals surface area contributed by atoms with Crippen molar-refractivity contribution in [1.82, 2.24) is 0 Å². The maximum Gasteiger partial charge on any atom is 0.303 e. The van der Waals surface area contributed by atoms with Crippen molar-refractivity contribution in [3.8, 4) is 0 Å². The number of hydrogen-bond donors (Lipinski definition) is 1. The number of carboxylic acids is 1. The van der Waals surface area contributed by atoms with Crippen LogP contribution in [0.3, 0.4) is 0 Å². The van der Waals surface area contributed by atoms with Gasteiger partial charge >= 0.3 is 5.97 Å². The first-order valence-corrected chi connectivity index (χ1v) is 20.5. The number of unbranched alkanes of at least 4 members (excludes halogenated alkanes) is 22. The van der Waals surface area contributed by atoms with Gasteiger partial charge in [0.05, 0.1) is 0 Å². The lowest BCUT2D eigenvalue weighted by molar-refractivity contribution is -0.137. The number of carboxylic acid groups (broad SMARTS) is 1. The summed E-state index contributed by atoms with van der Waals surface area (Å²) in [5.74, 6) is 0.271. The van der Waals surface area contributed by atoms with Crippen molar-refractivity contribution in [2.75, 3.05) is 0 Å². The number of carbonyl (C=O) groups is 1. The minimum atomic E-state index is -0.670. The first-order valence-electron chi connectivity index (χ1n) is 19.9. The minimum absolute atomic E-state index is 0.337. The van der Waals surface area contributed by atoms with Gasteiger partial charge in [-0.25, -0.2) is 0 Å². The van der Waals surface area contributed by atoms with E-state index < -0.39 is 5.97 Å². The summed E-state index contributed by atoms with van der Waals surface area (Å²) in [6, 6.07) is 0. The van der Waals surface area contributed by atoms with E-state index in [1.807, 2.05) is 0 Å². The molecule has 0 aliphatic rings. The second kappa shape index (κ2) is 36.4. The van der Waals surface area contributed by atoms with Gasteiger partial charge in [0.25, 0.3) is 0 Å². The number of aliphatic carboxylic acids is 1. The van der Waals surface area contributed by atoms with E-state index in [1.54, 1.807) is 0 Å². The van der Waals surface area contributed by atoms with Crippen molar-refractivity contribution in [3.63, 3.8) is 0 Å². The Morgan fingerprint density at radius 3 is 1.09 bits per heavy atom. The third-order valence-corrected chi connectivity index (χ3v) is 10.7. The molecule has 0 fully saturated rings. The zero-order chi connectivity index (χ0) is 32.3. The predicted molar refractivity (Wildman–Crippen MR) is 200 cm³/mol. The molecule has 0 aromatic rings. The van der Waals surface area contributed by atoms with E-state index in [2.05, 4.69) is 43.9 Å². The van der Waals surface area contributed by atoms with E-state index in [1.165, 1.54) is 186 Å². The normalized spacial score (nSPS) is 12.2. The molecule has 0 rings (SSSR count). The van der Waals surface area contributed by atoms with Crippen LogP contribution in [0.5, 0.6) is 0 Å². The van der Waals surface area contributed by atoms with Gasteiger partial charge in [-0.2, -0.15) is 0 Å². The Bertz CT molecular complexity index is 523. The van der Waals surface area contributed by atoms with Crippen LogP contribution in [0.4, 0.5) is 0 Å². The molecule has 0 saturated carbocycles. The van der Waals surface area contributed by atoms with Gasteiger partial charge in [-0.05, 0) is 43.2 Å². The van der Waals surface area contributed by atoms with E-state index in [-0.39, 0.29) is 0 Å². The molecule has 260 valence electrons. The van der Waals surface area contributed by atoms with Crippen LogP contribution in [-0.4, -0.2) is 16.2 Å². The highest BCUT2D eigenvalue weighted by atomic mass is 31.0. The zero-order valence-corrected chi connectivity index (χ0v) is 31.8. The summed E-state index contributed by atoms with van der Waals surface area (Å²) < 4.78 is 0. The van der Waals surface area contributed by atoms with Gasteiger partial charge in [0, 0.05) is 6.42 Å². The summed E-state index contributed by atoms with van der Waals surface area (Å²) in [5, 5.41) is 8.79. The third kappa shape index (κ3) is 33.1. The Balaban J connectivity index is 0. The molecule has 2 atom stereocenters. The molecule has 3 heteroatoms. The molecule has 0 aliphatic heterocycles. The van der Waals surface area contributed by atoms with Gasteiger partial charge in [-0.1, -0.05) is 202 Å². The van der Waals surface area contributed by atoms with Crippen molar-refractivity contribution in [3.05, 3.63) is 0 Å². The quantitative estimate of drug-likeness (QED) is 0.0581. The SMILES string of the molecule is CCCCCCCC(=O)O.CCCCCCCCCCCCC(CCCCCC)C(P)(CCCCCC)CCCCCC. The average molecular weight is 627 g/mol. The lowest BCUT2D eigenvalue weighted by Gasteiger charge is -2.39. The summed E-state index contributed by atoms with van der Waals surface area (Å²) in [6.07, 6.45) is 43.5. The molecule has 0 aromatic heterocycles. The zero-order valence-electron chi connectivity index (χ0n) is 30.6. The van der Waals surface area contributed by atoms with Gasteiger partial charge in [0.2, 0.25) is 0 Å². The molecule has 0 spiro atoms. The maximum absolute atomic E-state index is 10.0. The van der Waals surface area contributed by atoms with E-state index in [4.69, 9.17) is 5.11 Å². The van der Waals surface area contributed by atoms with Crippen molar-refractivity contribution < 1.29 is 9.90 Å². The van der Waals surface area contributed by atoms with Crippen LogP contribution in [-0.2, 0) is 4.79 Å². The molecule has 0 aliphatic carbocycles. The Morgan fingerprint density at radius 2 is 0.744 bits per heavy atom. The Morgan fingerprint density at radius 1 is 0.465 bits per heavy atom. The minimum Gasteiger partial charge on any atom is -0.481 e. The van der Waals surface area contributed by atoms with E-state index in [0.717, 1.165) is 18.8 Å². The summed E-state index contributed by atoms with van der Waals surface area (Å²) in [6.45, 7) is 11.5. The average Bonchev–Trinajstić information content (AvgIpc) is 2.99. The van der Waals surface area contributed by atoms with Crippen molar-refractivity contribution in [1.29, 1.82) is 0 Å². The van der Waals surface area contributed by atoms with Crippen LogP contribution in [0.1, 0.15) is 240 Å². The highest BCUT2D eigenvalue weighted by Crippen LogP contribution is 2.44. The molecular formula is C40H83O2P. The Labute approximate surface area is 275 Å². The van der Waals surface area contributed by atoms with E-state index in [0.29, 0.717) is 11.6 Å². The highest BCUT2D eigenvalue weighted by Gasteiger charge is 2.32. The number of rotatable bonds is 33. The van der Waals surface area contributed by atoms with Gasteiger partial charge in [0.15, 0.2) is 0 Å². The first kappa shape index (κ1) is 45.0. The van der Waals surface area contributed by atoms with Crippen LogP contribution in [0, 0.1) is 5.92 Å². The largest absolute Gasteiger partial charge is 0.481 e. The monoisotopic (exact) mass is 627 g/mol. The van der Waals surface area contributed by atoms with Gasteiger partial charge < -0.3 is 5.11 Å². The van der Waals surface area contributed by atoms with E-state index >= 15 is 0 Å². The smallest absolute Gasteiger partial charge is 0.303 e. The Hall–Kier alpha value is -0.100. The molecule has 0 heterocycles. The molecule has 2 nitrogen and oxygen atoms in total. The second-order valence-corrected chi connectivity index (χ2v) is 15.1. The fourth-order valence-electron chi connectivity index (χ4n) is 6.59. The molecule has 0 bridgehead atoms. The van der Waals surface area contributed by atoms with Crippen molar-refractivity contribution in [2.24, 2.45) is 5.92 Å². The highest BCUT2D eigenvalue weighted by molar-refractivity contribution is 7.19. The van der Waals surface area contributed by atoms with Crippen molar-refractivity contribution in [2.45, 2.75) is 245 Å². The molecule has 43 heavy (non-hydrogen) atoms. The van der Waals surface area contributed by atoms with Crippen LogP contribution >= 0.6 is 9.24 Å². The van der Waals surface area contributed by atoms with Gasteiger partial charge in [-0.3, -0.25) is 4.79 Å². The molecule has 0 radical (unpaired) electrons. The molecule has 0 aromatic carbocycles. The fourth-order valence-corrected chi connectivity index (χ4v) is 7.33. The van der Waals surface area contributed by atoms with Crippen LogP contribution in [0.2, 0.25) is 0 Å². The molecule has 0 saturated heterocycles. The van der Waals surface area contributed by atoms with Crippen LogP contribution in [0.15, 0.2) is 0 Å². The lowest BCUT2D eigenvalue weighted by Crippen LogP contribution is -2.32. The standard InChI is InChI=1S/C32H67P.C8H16O2/c1-5-9-13-17-18-19-20-21-22-24-28-31(27-23-14-10-6-2)32(33,29-25-15-11-7-3)30-26-16-12-8-4;1-2-3-4-5-6-7-8(9)10/h31H,5-30,33H2,1-4H3;2-7H2,1H3,(H,9,10). The molecular weight excluding hydrogens is 543 g/mol. The summed E-state index contributed by atoms with van der Waals surface area (Å²) in [5.41, 5.74) is 0. The number of hydrogen-bond acceptors (Lipinski definition) is 1. The second-order valence-electron chi connectivity index (χ2n) is 13.9. The van der Waals surface area contributed by atoms with Crippen LogP contribution in [0.25, 0.3) is 0 Å². The Kier molecular flexibility index (Phi) is 38.1. The summed E-state index contributed by atoms with van der Waals surface area (Å²) in [4.78, 5) is 10.0. The van der Waals surface area contributed by atoms with Crippen LogP contribution < -0.4 is 0 Å². The molecule has 0 amide bonds. The third-order valence-electron chi connectivity index (χ3n) is 9.61. The van der Waals surface area contributed by atoms with Crippen molar-refractivity contribution >= 4 is 15.2 Å². The summed E-state index contributed by atoms with van der Waals surface area (Å²) in [7, 11) is 3.49. The molecule has 1 N–H and O–H groups in total.